The molecule has 0 atom stereocenters. The average molecular weight is 337 g/mol. The molecule has 0 aliphatic heterocycles. The van der Waals surface area contributed by atoms with Crippen LogP contribution in [0, 0.1) is 0 Å². The van der Waals surface area contributed by atoms with Crippen molar-refractivity contribution < 1.29 is 14.3 Å². The normalized spacial score (nSPS) is 10.3. The molecule has 0 bridgehead atoms. The summed E-state index contributed by atoms with van der Waals surface area (Å²) in [6.07, 6.45) is 1.97. The Morgan fingerprint density at radius 2 is 1.88 bits per heavy atom. The quantitative estimate of drug-likeness (QED) is 0.751. The lowest BCUT2D eigenvalue weighted by Crippen LogP contribution is -2.15. The Labute approximate surface area is 146 Å². The van der Waals surface area contributed by atoms with E-state index in [9.17, 15) is 4.79 Å². The van der Waals surface area contributed by atoms with Crippen molar-refractivity contribution in [1.29, 1.82) is 0 Å². The number of amides is 1. The Morgan fingerprint density at radius 1 is 1.08 bits per heavy atom. The van der Waals surface area contributed by atoms with Crippen molar-refractivity contribution in [3.63, 3.8) is 0 Å². The summed E-state index contributed by atoms with van der Waals surface area (Å²) in [4.78, 5) is 12.3. The Morgan fingerprint density at radius 3 is 2.60 bits per heavy atom. The van der Waals surface area contributed by atoms with Gasteiger partial charge in [0.05, 0.1) is 26.3 Å². The third kappa shape index (κ3) is 3.98. The molecule has 2 aromatic carbocycles. The lowest BCUT2D eigenvalue weighted by atomic mass is 10.1. The summed E-state index contributed by atoms with van der Waals surface area (Å²) >= 11 is 0. The van der Waals surface area contributed by atoms with Gasteiger partial charge in [-0.05, 0) is 30.3 Å². The zero-order valence-corrected chi connectivity index (χ0v) is 14.1. The Hall–Kier alpha value is -3.28. The predicted octanol–water partition coefficient (Wildman–Crippen LogP) is 3.07. The highest BCUT2D eigenvalue weighted by Gasteiger charge is 2.12. The lowest BCUT2D eigenvalue weighted by molar-refractivity contribution is -0.115. The van der Waals surface area contributed by atoms with Gasteiger partial charge >= 0.3 is 0 Å². The van der Waals surface area contributed by atoms with Crippen LogP contribution in [-0.4, -0.2) is 29.9 Å². The number of carbonyl (C=O) groups is 1. The molecule has 0 radical (unpaired) electrons. The van der Waals surface area contributed by atoms with Gasteiger partial charge in [-0.3, -0.25) is 4.79 Å². The van der Waals surface area contributed by atoms with Crippen LogP contribution in [0.1, 0.15) is 5.56 Å². The van der Waals surface area contributed by atoms with Crippen LogP contribution in [-0.2, 0) is 11.2 Å². The first-order valence-electron chi connectivity index (χ1n) is 7.81. The van der Waals surface area contributed by atoms with Gasteiger partial charge in [0.15, 0.2) is 5.82 Å². The van der Waals surface area contributed by atoms with E-state index in [4.69, 9.17) is 9.47 Å². The molecular weight excluding hydrogens is 318 g/mol. The molecule has 1 heterocycles. The topological polar surface area (TPSA) is 65.4 Å². The minimum Gasteiger partial charge on any atom is -0.497 e. The maximum Gasteiger partial charge on any atom is 0.230 e. The number of carbonyl (C=O) groups excluding carboxylic acids is 1. The van der Waals surface area contributed by atoms with Crippen LogP contribution in [0.4, 0.5) is 5.82 Å². The summed E-state index contributed by atoms with van der Waals surface area (Å²) < 4.78 is 12.2. The first kappa shape index (κ1) is 16.6. The number of hydrogen-bond acceptors (Lipinski definition) is 4. The van der Waals surface area contributed by atoms with Gasteiger partial charge in [-0.1, -0.05) is 18.2 Å². The van der Waals surface area contributed by atoms with E-state index in [2.05, 4.69) is 10.4 Å². The molecule has 128 valence electrons. The molecule has 0 spiro atoms. The number of nitrogens with zero attached hydrogens (tertiary/aromatic N) is 2. The Kier molecular flexibility index (Phi) is 4.99. The van der Waals surface area contributed by atoms with Crippen molar-refractivity contribution in [3.8, 4) is 17.2 Å². The van der Waals surface area contributed by atoms with Crippen LogP contribution in [0.2, 0.25) is 0 Å². The van der Waals surface area contributed by atoms with E-state index >= 15 is 0 Å². The number of benzene rings is 2. The van der Waals surface area contributed by atoms with Crippen LogP contribution >= 0.6 is 0 Å². The molecule has 1 N–H and O–H groups in total. The molecule has 25 heavy (non-hydrogen) atoms. The monoisotopic (exact) mass is 337 g/mol. The van der Waals surface area contributed by atoms with Gasteiger partial charge in [0.1, 0.15) is 11.5 Å². The summed E-state index contributed by atoms with van der Waals surface area (Å²) in [5, 5.41) is 7.17. The van der Waals surface area contributed by atoms with Crippen molar-refractivity contribution in [2.45, 2.75) is 6.42 Å². The van der Waals surface area contributed by atoms with Crippen molar-refractivity contribution in [2.75, 3.05) is 19.5 Å². The van der Waals surface area contributed by atoms with Crippen molar-refractivity contribution in [3.05, 3.63) is 66.4 Å². The highest BCUT2D eigenvalue weighted by Crippen LogP contribution is 2.24. The molecular formula is C19H19N3O3. The number of ether oxygens (including phenoxy) is 2. The fraction of sp³-hybridized carbons (Fsp3) is 0.158. The van der Waals surface area contributed by atoms with Gasteiger partial charge in [0.2, 0.25) is 5.91 Å². The smallest absolute Gasteiger partial charge is 0.230 e. The molecule has 0 aliphatic carbocycles. The second-order valence-corrected chi connectivity index (χ2v) is 5.38. The van der Waals surface area contributed by atoms with Gasteiger partial charge in [-0.15, -0.1) is 0 Å². The van der Waals surface area contributed by atoms with Crippen molar-refractivity contribution >= 4 is 11.7 Å². The molecule has 3 aromatic rings. The molecule has 0 fully saturated rings. The molecule has 1 aromatic heterocycles. The van der Waals surface area contributed by atoms with E-state index in [-0.39, 0.29) is 12.3 Å². The highest BCUT2D eigenvalue weighted by atomic mass is 16.5. The fourth-order valence-corrected chi connectivity index (χ4v) is 2.50. The van der Waals surface area contributed by atoms with E-state index < -0.39 is 0 Å². The van der Waals surface area contributed by atoms with Gasteiger partial charge < -0.3 is 14.8 Å². The maximum absolute atomic E-state index is 12.3. The van der Waals surface area contributed by atoms with Gasteiger partial charge in [-0.2, -0.15) is 5.10 Å². The third-order valence-electron chi connectivity index (χ3n) is 3.72. The summed E-state index contributed by atoms with van der Waals surface area (Å²) in [5.41, 5.74) is 1.68. The van der Waals surface area contributed by atoms with Crippen LogP contribution in [0.25, 0.3) is 5.69 Å². The second-order valence-electron chi connectivity index (χ2n) is 5.38. The van der Waals surface area contributed by atoms with Crippen molar-refractivity contribution in [2.24, 2.45) is 0 Å². The van der Waals surface area contributed by atoms with Crippen LogP contribution in [0.3, 0.4) is 0 Å². The number of rotatable bonds is 6. The number of nitrogens with one attached hydrogen (secondary N) is 1. The minimum atomic E-state index is -0.176. The average Bonchev–Trinajstić information content (AvgIpc) is 3.10. The summed E-state index contributed by atoms with van der Waals surface area (Å²) in [7, 11) is 3.16. The Balaban J connectivity index is 1.70. The summed E-state index contributed by atoms with van der Waals surface area (Å²) in [6, 6.07) is 16.8. The number of anilines is 1. The molecule has 0 aliphatic rings. The highest BCUT2D eigenvalue weighted by molar-refractivity contribution is 5.91. The number of para-hydroxylation sites is 1. The Bertz CT molecular complexity index is 859. The van der Waals surface area contributed by atoms with Crippen molar-refractivity contribution in [1.82, 2.24) is 9.78 Å². The fourth-order valence-electron chi connectivity index (χ4n) is 2.50. The van der Waals surface area contributed by atoms with Crippen LogP contribution < -0.4 is 14.8 Å². The molecule has 0 saturated carbocycles. The zero-order valence-electron chi connectivity index (χ0n) is 14.1. The number of methoxy groups -OCH3 is 2. The lowest BCUT2D eigenvalue weighted by Gasteiger charge is -2.10. The third-order valence-corrected chi connectivity index (χ3v) is 3.72. The van der Waals surface area contributed by atoms with Gasteiger partial charge in [0, 0.05) is 17.8 Å². The largest absolute Gasteiger partial charge is 0.497 e. The minimum absolute atomic E-state index is 0.165. The molecule has 0 unspecified atom stereocenters. The molecule has 6 nitrogen and oxygen atoms in total. The van der Waals surface area contributed by atoms with E-state index in [0.29, 0.717) is 17.3 Å². The van der Waals surface area contributed by atoms with E-state index in [0.717, 1.165) is 11.3 Å². The zero-order chi connectivity index (χ0) is 17.6. The number of hydrogen-bond donors (Lipinski definition) is 1. The molecule has 0 saturated heterocycles. The van der Waals surface area contributed by atoms with E-state index in [1.807, 2.05) is 30.3 Å². The van der Waals surface area contributed by atoms with E-state index in [1.54, 1.807) is 49.4 Å². The maximum atomic E-state index is 12.3. The molecule has 6 heteroatoms. The molecule has 3 rings (SSSR count). The summed E-state index contributed by atoms with van der Waals surface area (Å²) in [5.74, 6) is 1.64. The second kappa shape index (κ2) is 7.53. The molecule has 1 amide bonds. The van der Waals surface area contributed by atoms with Gasteiger partial charge in [0.25, 0.3) is 0 Å². The first-order chi connectivity index (χ1) is 12.2. The SMILES string of the molecule is COc1ccc(OC)c(CC(=O)Nc2ccn(-c3ccccc3)n2)c1. The number of aromatic nitrogens is 2. The van der Waals surface area contributed by atoms with Crippen LogP contribution in [0.15, 0.2) is 60.8 Å². The predicted molar refractivity (Wildman–Crippen MR) is 95.4 cm³/mol. The van der Waals surface area contributed by atoms with Crippen LogP contribution in [0.5, 0.6) is 11.5 Å². The summed E-state index contributed by atoms with van der Waals surface area (Å²) in [6.45, 7) is 0. The standard InChI is InChI=1S/C19H19N3O3/c1-24-16-8-9-17(25-2)14(12-16)13-19(23)20-18-10-11-22(21-18)15-6-4-3-5-7-15/h3-12H,13H2,1-2H3,(H,20,21,23). The first-order valence-corrected chi connectivity index (χ1v) is 7.81. The van der Waals surface area contributed by atoms with Gasteiger partial charge in [-0.25, -0.2) is 4.68 Å². The van der Waals surface area contributed by atoms with E-state index in [1.165, 1.54) is 0 Å².